The molecular weight excluding hydrogens is 350 g/mol. The summed E-state index contributed by atoms with van der Waals surface area (Å²) in [5.74, 6) is 0.793. The molecule has 1 amide bonds. The Labute approximate surface area is 159 Å². The third-order valence-electron chi connectivity index (χ3n) is 4.96. The molecule has 0 spiro atoms. The molecular formula is C19H29N3O5. The van der Waals surface area contributed by atoms with Gasteiger partial charge in [0.1, 0.15) is 18.0 Å². The van der Waals surface area contributed by atoms with Crippen LogP contribution in [0.15, 0.2) is 24.3 Å². The average Bonchev–Trinajstić information content (AvgIpc) is 3.31. The predicted octanol–water partition coefficient (Wildman–Crippen LogP) is 0.0437. The lowest BCUT2D eigenvalue weighted by molar-refractivity contribution is 0.0165. The van der Waals surface area contributed by atoms with E-state index >= 15 is 0 Å². The summed E-state index contributed by atoms with van der Waals surface area (Å²) >= 11 is 0. The van der Waals surface area contributed by atoms with E-state index in [1.165, 1.54) is 0 Å². The molecule has 2 fully saturated rings. The quantitative estimate of drug-likeness (QED) is 0.473. The first-order valence-electron chi connectivity index (χ1n) is 9.47. The van der Waals surface area contributed by atoms with E-state index in [1.54, 1.807) is 7.11 Å². The third-order valence-corrected chi connectivity index (χ3v) is 4.96. The van der Waals surface area contributed by atoms with Crippen LogP contribution >= 0.6 is 0 Å². The van der Waals surface area contributed by atoms with Crippen LogP contribution in [0.2, 0.25) is 0 Å². The average molecular weight is 379 g/mol. The van der Waals surface area contributed by atoms with Gasteiger partial charge < -0.3 is 35.3 Å². The molecule has 4 atom stereocenters. The number of ether oxygens (including phenoxy) is 3. The summed E-state index contributed by atoms with van der Waals surface area (Å²) in [5.41, 5.74) is 1.08. The summed E-state index contributed by atoms with van der Waals surface area (Å²) < 4.78 is 16.3. The van der Waals surface area contributed by atoms with Crippen molar-refractivity contribution < 1.29 is 24.1 Å². The largest absolute Gasteiger partial charge is 0.497 e. The molecule has 0 unspecified atom stereocenters. The van der Waals surface area contributed by atoms with Gasteiger partial charge in [0.15, 0.2) is 0 Å². The number of aliphatic hydroxyl groups is 1. The number of β-amino-alcohol motifs (C(OH)–C–C–N with tert-alkyl or cyclic N) is 1. The second-order valence-corrected chi connectivity index (χ2v) is 6.92. The molecule has 2 saturated heterocycles. The van der Waals surface area contributed by atoms with Gasteiger partial charge in [-0.2, -0.15) is 0 Å². The molecule has 0 saturated carbocycles. The molecule has 2 aliphatic rings. The first-order chi connectivity index (χ1) is 13.2. The number of hydrogen-bond donors (Lipinski definition) is 4. The summed E-state index contributed by atoms with van der Waals surface area (Å²) in [4.78, 5) is 12.1. The Balaban J connectivity index is 1.42. The minimum Gasteiger partial charge on any atom is -0.497 e. The van der Waals surface area contributed by atoms with Crippen LogP contribution in [0, 0.1) is 0 Å². The maximum Gasteiger partial charge on any atom is 0.407 e. The maximum atomic E-state index is 12.1. The first-order valence-corrected chi connectivity index (χ1v) is 9.47. The second kappa shape index (κ2) is 9.89. The molecule has 8 nitrogen and oxygen atoms in total. The summed E-state index contributed by atoms with van der Waals surface area (Å²) in [6, 6.07) is 7.58. The highest BCUT2D eigenvalue weighted by atomic mass is 16.6. The van der Waals surface area contributed by atoms with E-state index in [1.807, 2.05) is 24.3 Å². The number of rotatable bonds is 8. The molecule has 2 aliphatic heterocycles. The standard InChI is InChI=1S/C19H29N3O5/c1-25-14-4-2-13(3-5-14)10-16-18(17(23)12-22-16)27-19(24)21-8-9-26-15-6-7-20-11-15/h2-5,15-18,20,22-23H,6-12H2,1H3,(H,21,24)/t15-,16+,17-,18-/m0/s1. The van der Waals surface area contributed by atoms with Crippen molar-refractivity contribution in [3.63, 3.8) is 0 Å². The van der Waals surface area contributed by atoms with Crippen LogP contribution in [0.25, 0.3) is 0 Å². The Morgan fingerprint density at radius 2 is 2.11 bits per heavy atom. The van der Waals surface area contributed by atoms with E-state index in [-0.39, 0.29) is 12.1 Å². The Morgan fingerprint density at radius 1 is 1.30 bits per heavy atom. The Bertz CT molecular complexity index is 592. The fourth-order valence-corrected chi connectivity index (χ4v) is 3.45. The monoisotopic (exact) mass is 379 g/mol. The minimum absolute atomic E-state index is 0.139. The third kappa shape index (κ3) is 5.80. The molecule has 0 aromatic heterocycles. The predicted molar refractivity (Wildman–Crippen MR) is 100.0 cm³/mol. The summed E-state index contributed by atoms with van der Waals surface area (Å²) in [5, 5.41) is 19.3. The van der Waals surface area contributed by atoms with Crippen LogP contribution in [-0.2, 0) is 15.9 Å². The lowest BCUT2D eigenvalue weighted by Crippen LogP contribution is -2.42. The van der Waals surface area contributed by atoms with Gasteiger partial charge in [-0.25, -0.2) is 4.79 Å². The molecule has 8 heteroatoms. The van der Waals surface area contributed by atoms with E-state index in [4.69, 9.17) is 14.2 Å². The first kappa shape index (κ1) is 19.9. The van der Waals surface area contributed by atoms with Gasteiger partial charge in [0.2, 0.25) is 0 Å². The van der Waals surface area contributed by atoms with Gasteiger partial charge in [-0.1, -0.05) is 12.1 Å². The van der Waals surface area contributed by atoms with Gasteiger partial charge >= 0.3 is 6.09 Å². The lowest BCUT2D eigenvalue weighted by atomic mass is 10.0. The number of amides is 1. The number of carbonyl (C=O) groups is 1. The topological polar surface area (TPSA) is 101 Å². The summed E-state index contributed by atoms with van der Waals surface area (Å²) in [7, 11) is 1.63. The van der Waals surface area contributed by atoms with E-state index < -0.39 is 18.3 Å². The number of methoxy groups -OCH3 is 1. The zero-order valence-corrected chi connectivity index (χ0v) is 15.6. The molecule has 1 aromatic carbocycles. The van der Waals surface area contributed by atoms with Crippen molar-refractivity contribution in [2.75, 3.05) is 39.9 Å². The van der Waals surface area contributed by atoms with E-state index in [9.17, 15) is 9.90 Å². The Kier molecular flexibility index (Phi) is 7.28. The van der Waals surface area contributed by atoms with Crippen LogP contribution in [0.3, 0.4) is 0 Å². The van der Waals surface area contributed by atoms with Gasteiger partial charge in [-0.15, -0.1) is 0 Å². The number of benzene rings is 1. The van der Waals surface area contributed by atoms with Gasteiger partial charge in [0.05, 0.1) is 25.9 Å². The van der Waals surface area contributed by atoms with E-state index in [0.717, 1.165) is 30.8 Å². The number of carbonyl (C=O) groups excluding carboxylic acids is 1. The molecule has 4 N–H and O–H groups in total. The fraction of sp³-hybridized carbons (Fsp3) is 0.632. The normalized spacial score (nSPS) is 27.5. The molecule has 150 valence electrons. The van der Waals surface area contributed by atoms with Crippen molar-refractivity contribution in [3.05, 3.63) is 29.8 Å². The molecule has 0 aliphatic carbocycles. The number of aliphatic hydroxyl groups excluding tert-OH is 1. The Morgan fingerprint density at radius 3 is 2.81 bits per heavy atom. The number of alkyl carbamates (subject to hydrolysis) is 1. The molecule has 27 heavy (non-hydrogen) atoms. The zero-order valence-electron chi connectivity index (χ0n) is 15.6. The van der Waals surface area contributed by atoms with Gasteiger partial charge in [0, 0.05) is 19.6 Å². The summed E-state index contributed by atoms with van der Waals surface area (Å²) in [6.45, 7) is 3.06. The molecule has 3 rings (SSSR count). The lowest BCUT2D eigenvalue weighted by Gasteiger charge is -2.22. The maximum absolute atomic E-state index is 12.1. The second-order valence-electron chi connectivity index (χ2n) is 6.92. The highest BCUT2D eigenvalue weighted by Crippen LogP contribution is 2.19. The Hall–Kier alpha value is -1.87. The zero-order chi connectivity index (χ0) is 19.1. The van der Waals surface area contributed by atoms with Crippen molar-refractivity contribution >= 4 is 6.09 Å². The molecule has 2 heterocycles. The van der Waals surface area contributed by atoms with Crippen LogP contribution in [-0.4, -0.2) is 75.4 Å². The highest BCUT2D eigenvalue weighted by molar-refractivity contribution is 5.67. The van der Waals surface area contributed by atoms with Crippen molar-refractivity contribution in [2.45, 2.75) is 37.2 Å². The van der Waals surface area contributed by atoms with Gasteiger partial charge in [-0.3, -0.25) is 0 Å². The smallest absolute Gasteiger partial charge is 0.407 e. The van der Waals surface area contributed by atoms with Crippen molar-refractivity contribution in [2.24, 2.45) is 0 Å². The van der Waals surface area contributed by atoms with Crippen LogP contribution < -0.4 is 20.7 Å². The van der Waals surface area contributed by atoms with Crippen LogP contribution in [0.1, 0.15) is 12.0 Å². The van der Waals surface area contributed by atoms with Crippen molar-refractivity contribution in [3.8, 4) is 5.75 Å². The van der Waals surface area contributed by atoms with Crippen molar-refractivity contribution in [1.29, 1.82) is 0 Å². The SMILES string of the molecule is COc1ccc(C[C@H]2NC[C@H](O)[C@H]2OC(=O)NCCO[C@H]2CCNC2)cc1. The molecule has 0 radical (unpaired) electrons. The highest BCUT2D eigenvalue weighted by Gasteiger charge is 2.37. The van der Waals surface area contributed by atoms with E-state index in [0.29, 0.717) is 26.1 Å². The fourth-order valence-electron chi connectivity index (χ4n) is 3.45. The summed E-state index contributed by atoms with van der Waals surface area (Å²) in [6.07, 6.45) is 0.0221. The van der Waals surface area contributed by atoms with Crippen LogP contribution in [0.5, 0.6) is 5.75 Å². The van der Waals surface area contributed by atoms with Gasteiger partial charge in [-0.05, 0) is 37.1 Å². The van der Waals surface area contributed by atoms with Crippen molar-refractivity contribution in [1.82, 2.24) is 16.0 Å². The molecule has 1 aromatic rings. The minimum atomic E-state index is -0.722. The molecule has 0 bridgehead atoms. The number of nitrogens with one attached hydrogen (secondary N) is 3. The van der Waals surface area contributed by atoms with Gasteiger partial charge in [0.25, 0.3) is 0 Å². The number of hydrogen-bond acceptors (Lipinski definition) is 7. The van der Waals surface area contributed by atoms with E-state index in [2.05, 4.69) is 16.0 Å². The van der Waals surface area contributed by atoms with Crippen LogP contribution in [0.4, 0.5) is 4.79 Å².